The van der Waals surface area contributed by atoms with E-state index < -0.39 is 11.0 Å². The third kappa shape index (κ3) is 7.68. The van der Waals surface area contributed by atoms with Gasteiger partial charge < -0.3 is 4.90 Å². The molecule has 1 N–H and O–H groups in total. The maximum Gasteiger partial charge on any atom is 0.231 e. The topological polar surface area (TPSA) is 49.4 Å². The molecule has 0 radical (unpaired) electrons. The number of carbonyl (C=O) groups is 1. The lowest BCUT2D eigenvalue weighted by molar-refractivity contribution is -0.119. The standard InChI is InChI=1S/C7H16N2O2S/c1-9(2)6-4-5-7(10)8-12(3)11/h4-6H2,1-3H3,(H,8,10). The van der Waals surface area contributed by atoms with Gasteiger partial charge in [0.1, 0.15) is 11.0 Å². The van der Waals surface area contributed by atoms with Crippen LogP contribution in [0.5, 0.6) is 0 Å². The van der Waals surface area contributed by atoms with E-state index in [0.29, 0.717) is 6.42 Å². The normalized spacial score (nSPS) is 13.0. The first kappa shape index (κ1) is 11.6. The molecule has 1 unspecified atom stereocenters. The number of amides is 1. The van der Waals surface area contributed by atoms with Crippen LogP contribution in [0.15, 0.2) is 0 Å². The SMILES string of the molecule is CN(C)CCCC(=O)NS(C)=O. The summed E-state index contributed by atoms with van der Waals surface area (Å²) >= 11 is 0. The van der Waals surface area contributed by atoms with Gasteiger partial charge in [0, 0.05) is 12.7 Å². The van der Waals surface area contributed by atoms with Gasteiger partial charge in [0.2, 0.25) is 5.91 Å². The second kappa shape index (κ2) is 6.14. The van der Waals surface area contributed by atoms with Crippen LogP contribution in [0, 0.1) is 0 Å². The first-order chi connectivity index (χ1) is 5.52. The van der Waals surface area contributed by atoms with Gasteiger partial charge in [-0.3, -0.25) is 9.52 Å². The van der Waals surface area contributed by atoms with Gasteiger partial charge in [-0.1, -0.05) is 0 Å². The fraction of sp³-hybridized carbons (Fsp3) is 0.857. The van der Waals surface area contributed by atoms with Gasteiger partial charge >= 0.3 is 0 Å². The lowest BCUT2D eigenvalue weighted by Crippen LogP contribution is -2.25. The third-order valence-electron chi connectivity index (χ3n) is 1.27. The molecule has 0 spiro atoms. The monoisotopic (exact) mass is 192 g/mol. The summed E-state index contributed by atoms with van der Waals surface area (Å²) in [6.45, 7) is 0.879. The number of nitrogens with one attached hydrogen (secondary N) is 1. The molecule has 0 saturated carbocycles. The Bertz CT molecular complexity index is 171. The highest BCUT2D eigenvalue weighted by atomic mass is 32.2. The smallest absolute Gasteiger partial charge is 0.231 e. The van der Waals surface area contributed by atoms with Gasteiger partial charge in [-0.05, 0) is 27.1 Å². The molecular weight excluding hydrogens is 176 g/mol. The van der Waals surface area contributed by atoms with Crippen molar-refractivity contribution in [2.24, 2.45) is 0 Å². The Morgan fingerprint density at radius 2 is 2.08 bits per heavy atom. The van der Waals surface area contributed by atoms with Gasteiger partial charge in [-0.25, -0.2) is 4.21 Å². The zero-order valence-corrected chi connectivity index (χ0v) is 8.61. The average Bonchev–Trinajstić information content (AvgIpc) is 1.84. The van der Waals surface area contributed by atoms with Gasteiger partial charge in [-0.15, -0.1) is 0 Å². The minimum Gasteiger partial charge on any atom is -0.309 e. The summed E-state index contributed by atoms with van der Waals surface area (Å²) in [5.41, 5.74) is 0. The lowest BCUT2D eigenvalue weighted by atomic mass is 10.3. The van der Waals surface area contributed by atoms with E-state index in [1.165, 1.54) is 6.26 Å². The molecular formula is C7H16N2O2S. The average molecular weight is 192 g/mol. The van der Waals surface area contributed by atoms with Gasteiger partial charge in [-0.2, -0.15) is 0 Å². The summed E-state index contributed by atoms with van der Waals surface area (Å²) in [6.07, 6.45) is 2.69. The highest BCUT2D eigenvalue weighted by Crippen LogP contribution is 1.90. The highest BCUT2D eigenvalue weighted by molar-refractivity contribution is 7.82. The molecule has 5 heteroatoms. The van der Waals surface area contributed by atoms with Gasteiger partial charge in [0.05, 0.1) is 0 Å². The van der Waals surface area contributed by atoms with Gasteiger partial charge in [0.15, 0.2) is 0 Å². The van der Waals surface area contributed by atoms with Crippen LogP contribution in [0.1, 0.15) is 12.8 Å². The lowest BCUT2D eigenvalue weighted by Gasteiger charge is -2.07. The van der Waals surface area contributed by atoms with E-state index in [-0.39, 0.29) is 5.91 Å². The molecule has 0 aliphatic carbocycles. The summed E-state index contributed by atoms with van der Waals surface area (Å²) in [5, 5.41) is 0. The van der Waals surface area contributed by atoms with E-state index in [0.717, 1.165) is 13.0 Å². The second-order valence-electron chi connectivity index (χ2n) is 2.89. The van der Waals surface area contributed by atoms with Crippen molar-refractivity contribution in [2.45, 2.75) is 12.8 Å². The quantitative estimate of drug-likeness (QED) is 0.653. The Hall–Kier alpha value is -0.420. The van der Waals surface area contributed by atoms with E-state index in [1.54, 1.807) is 0 Å². The zero-order chi connectivity index (χ0) is 9.56. The Labute approximate surface area is 75.9 Å². The van der Waals surface area contributed by atoms with E-state index in [9.17, 15) is 9.00 Å². The van der Waals surface area contributed by atoms with Crippen molar-refractivity contribution >= 4 is 16.9 Å². The molecule has 0 bridgehead atoms. The Balaban J connectivity index is 3.38. The molecule has 0 aromatic heterocycles. The van der Waals surface area contributed by atoms with Crippen LogP contribution >= 0.6 is 0 Å². The number of nitrogens with zero attached hydrogens (tertiary/aromatic N) is 1. The number of hydrogen-bond acceptors (Lipinski definition) is 3. The van der Waals surface area contributed by atoms with Crippen LogP contribution in [0.3, 0.4) is 0 Å². The second-order valence-corrected chi connectivity index (χ2v) is 4.00. The Morgan fingerprint density at radius 1 is 1.50 bits per heavy atom. The Kier molecular flexibility index (Phi) is 5.92. The summed E-state index contributed by atoms with van der Waals surface area (Å²) in [5.74, 6) is -0.141. The molecule has 1 atom stereocenters. The summed E-state index contributed by atoms with van der Waals surface area (Å²) in [4.78, 5) is 12.9. The van der Waals surface area contributed by atoms with Crippen LogP contribution in [0.4, 0.5) is 0 Å². The molecule has 0 aromatic rings. The maximum atomic E-state index is 10.9. The first-order valence-electron chi connectivity index (χ1n) is 3.80. The van der Waals surface area contributed by atoms with Crippen molar-refractivity contribution in [3.63, 3.8) is 0 Å². The fourth-order valence-corrected chi connectivity index (χ4v) is 1.19. The molecule has 1 amide bonds. The van der Waals surface area contributed by atoms with Crippen LogP contribution in [0.25, 0.3) is 0 Å². The van der Waals surface area contributed by atoms with Crippen molar-refractivity contribution < 1.29 is 9.00 Å². The molecule has 0 aliphatic heterocycles. The van der Waals surface area contributed by atoms with Crippen molar-refractivity contribution in [2.75, 3.05) is 26.9 Å². The van der Waals surface area contributed by atoms with Gasteiger partial charge in [0.25, 0.3) is 0 Å². The Morgan fingerprint density at radius 3 is 2.50 bits per heavy atom. The molecule has 0 fully saturated rings. The van der Waals surface area contributed by atoms with E-state index in [1.807, 2.05) is 19.0 Å². The predicted octanol–water partition coefficient (Wildman–Crippen LogP) is -0.262. The largest absolute Gasteiger partial charge is 0.309 e. The number of hydrogen-bond donors (Lipinski definition) is 1. The summed E-state index contributed by atoms with van der Waals surface area (Å²) in [7, 11) is 2.69. The minimum atomic E-state index is -1.22. The maximum absolute atomic E-state index is 10.9. The van der Waals surface area contributed by atoms with Crippen molar-refractivity contribution in [1.82, 2.24) is 9.62 Å². The molecule has 0 rings (SSSR count). The highest BCUT2D eigenvalue weighted by Gasteiger charge is 2.01. The zero-order valence-electron chi connectivity index (χ0n) is 7.79. The molecule has 0 aliphatic rings. The summed E-state index contributed by atoms with van der Waals surface area (Å²) in [6, 6.07) is 0. The number of carbonyl (C=O) groups excluding carboxylic acids is 1. The third-order valence-corrected chi connectivity index (χ3v) is 1.78. The predicted molar refractivity (Wildman–Crippen MR) is 50.0 cm³/mol. The van der Waals surface area contributed by atoms with Crippen LogP contribution in [-0.2, 0) is 15.8 Å². The van der Waals surface area contributed by atoms with E-state index >= 15 is 0 Å². The first-order valence-corrected chi connectivity index (χ1v) is 5.36. The molecule has 0 aromatic carbocycles. The van der Waals surface area contributed by atoms with E-state index in [2.05, 4.69) is 4.72 Å². The van der Waals surface area contributed by atoms with Crippen LogP contribution in [0.2, 0.25) is 0 Å². The minimum absolute atomic E-state index is 0.141. The molecule has 72 valence electrons. The fourth-order valence-electron chi connectivity index (χ4n) is 0.767. The molecule has 0 saturated heterocycles. The van der Waals surface area contributed by atoms with Crippen molar-refractivity contribution in [3.8, 4) is 0 Å². The van der Waals surface area contributed by atoms with Crippen LogP contribution in [-0.4, -0.2) is 41.9 Å². The van der Waals surface area contributed by atoms with Crippen molar-refractivity contribution in [3.05, 3.63) is 0 Å². The molecule has 0 heterocycles. The molecule has 4 nitrogen and oxygen atoms in total. The van der Waals surface area contributed by atoms with Crippen molar-refractivity contribution in [1.29, 1.82) is 0 Å². The van der Waals surface area contributed by atoms with Crippen LogP contribution < -0.4 is 4.72 Å². The van der Waals surface area contributed by atoms with E-state index in [4.69, 9.17) is 0 Å². The molecule has 12 heavy (non-hydrogen) atoms. The summed E-state index contributed by atoms with van der Waals surface area (Å²) < 4.78 is 12.9. The number of rotatable bonds is 5.